The lowest BCUT2D eigenvalue weighted by Crippen LogP contribution is -2.35. The number of carbonyl (C=O) groups excluding carboxylic acids is 3. The first-order chi connectivity index (χ1) is 16.3. The van der Waals surface area contributed by atoms with Crippen molar-refractivity contribution in [2.75, 3.05) is 30.3 Å². The summed E-state index contributed by atoms with van der Waals surface area (Å²) in [6, 6.07) is 13.7. The highest BCUT2D eigenvalue weighted by atomic mass is 32.2. The summed E-state index contributed by atoms with van der Waals surface area (Å²) in [4.78, 5) is 50.3. The number of ether oxygens (including phenoxy) is 1. The van der Waals surface area contributed by atoms with Crippen molar-refractivity contribution in [2.45, 2.75) is 31.1 Å². The van der Waals surface area contributed by atoms with Gasteiger partial charge < -0.3 is 9.64 Å². The molecule has 1 atom stereocenters. The van der Waals surface area contributed by atoms with Gasteiger partial charge in [-0.3, -0.25) is 25.0 Å². The molecule has 0 saturated carbocycles. The molecule has 0 spiro atoms. The molecular weight excluding hydrogens is 458 g/mol. The quantitative estimate of drug-likeness (QED) is 0.246. The monoisotopic (exact) mass is 485 g/mol. The molecule has 2 aromatic rings. The van der Waals surface area contributed by atoms with Gasteiger partial charge >= 0.3 is 5.97 Å². The average molecular weight is 486 g/mol. The number of carbonyl (C=O) groups is 3. The number of esters is 1. The van der Waals surface area contributed by atoms with Gasteiger partial charge in [0.25, 0.3) is 11.6 Å². The molecule has 0 aliphatic carbocycles. The van der Waals surface area contributed by atoms with Crippen molar-refractivity contribution in [1.82, 2.24) is 5.32 Å². The van der Waals surface area contributed by atoms with Crippen LogP contribution in [0.1, 0.15) is 36.5 Å². The molecule has 9 nitrogen and oxygen atoms in total. The number of thioether (sulfide) groups is 1. The minimum Gasteiger partial charge on any atom is -0.452 e. The molecule has 2 amide bonds. The van der Waals surface area contributed by atoms with Crippen molar-refractivity contribution in [3.63, 3.8) is 0 Å². The van der Waals surface area contributed by atoms with Gasteiger partial charge in [-0.2, -0.15) is 0 Å². The first-order valence-electron chi connectivity index (χ1n) is 11.0. The van der Waals surface area contributed by atoms with E-state index in [1.807, 2.05) is 35.2 Å². The van der Waals surface area contributed by atoms with Crippen LogP contribution in [0.4, 0.5) is 11.4 Å². The lowest BCUT2D eigenvalue weighted by Gasteiger charge is -2.32. The number of amides is 2. The number of nitro groups is 1. The van der Waals surface area contributed by atoms with Gasteiger partial charge in [-0.1, -0.05) is 25.1 Å². The van der Waals surface area contributed by atoms with Crippen molar-refractivity contribution in [2.24, 2.45) is 5.92 Å². The second-order valence-electron chi connectivity index (χ2n) is 8.11. The zero-order valence-electron chi connectivity index (χ0n) is 18.9. The Labute approximate surface area is 202 Å². The second-order valence-corrected chi connectivity index (χ2v) is 9.28. The van der Waals surface area contributed by atoms with Gasteiger partial charge in [-0.15, -0.1) is 11.8 Å². The number of benzene rings is 2. The Hall–Kier alpha value is -3.40. The highest BCUT2D eigenvalue weighted by Gasteiger charge is 2.25. The number of hydrogen-bond donors (Lipinski definition) is 1. The van der Waals surface area contributed by atoms with Crippen molar-refractivity contribution in [3.8, 4) is 0 Å². The Morgan fingerprint density at radius 3 is 2.65 bits per heavy atom. The standard InChI is InChI=1S/C24H27N3O6S/c1-17-6-5-12-26(15-17)20-10-9-18(14-21(20)27(31)32)24(30)33-16-23(29)25-22(28)11-13-34-19-7-3-2-4-8-19/h2-4,7-10,14,17H,5-6,11-13,15-16H2,1H3,(H,25,28,29)/t17-/m1/s1. The van der Waals surface area contributed by atoms with Gasteiger partial charge in [0.15, 0.2) is 6.61 Å². The van der Waals surface area contributed by atoms with Crippen LogP contribution < -0.4 is 10.2 Å². The number of piperidine rings is 1. The van der Waals surface area contributed by atoms with Crippen molar-refractivity contribution in [1.29, 1.82) is 0 Å². The van der Waals surface area contributed by atoms with E-state index in [0.717, 1.165) is 17.7 Å². The molecule has 0 radical (unpaired) electrons. The van der Waals surface area contributed by atoms with Crippen molar-refractivity contribution in [3.05, 3.63) is 64.2 Å². The summed E-state index contributed by atoms with van der Waals surface area (Å²) in [5, 5.41) is 13.8. The summed E-state index contributed by atoms with van der Waals surface area (Å²) in [5.41, 5.74) is 0.253. The predicted molar refractivity (Wildman–Crippen MR) is 129 cm³/mol. The Kier molecular flexibility index (Phi) is 9.03. The minimum absolute atomic E-state index is 0.0288. The van der Waals surface area contributed by atoms with Crippen molar-refractivity contribution < 1.29 is 24.0 Å². The molecule has 10 heteroatoms. The lowest BCUT2D eigenvalue weighted by atomic mass is 9.99. The van der Waals surface area contributed by atoms with Gasteiger partial charge in [0, 0.05) is 36.2 Å². The van der Waals surface area contributed by atoms with Gasteiger partial charge in [-0.25, -0.2) is 4.79 Å². The smallest absolute Gasteiger partial charge is 0.338 e. The fraction of sp³-hybridized carbons (Fsp3) is 0.375. The van der Waals surface area contributed by atoms with Crippen LogP contribution in [-0.2, 0) is 14.3 Å². The zero-order valence-corrected chi connectivity index (χ0v) is 19.7. The average Bonchev–Trinajstić information content (AvgIpc) is 2.82. The van der Waals surface area contributed by atoms with E-state index in [1.54, 1.807) is 6.07 Å². The fourth-order valence-electron chi connectivity index (χ4n) is 3.72. The summed E-state index contributed by atoms with van der Waals surface area (Å²) < 4.78 is 4.96. The predicted octanol–water partition coefficient (Wildman–Crippen LogP) is 3.81. The molecule has 0 unspecified atom stereocenters. The molecule has 1 heterocycles. The summed E-state index contributed by atoms with van der Waals surface area (Å²) in [6.07, 6.45) is 2.15. The molecule has 180 valence electrons. The maximum Gasteiger partial charge on any atom is 0.338 e. The number of nitrogens with one attached hydrogen (secondary N) is 1. The third kappa shape index (κ3) is 7.31. The second kappa shape index (κ2) is 12.2. The Morgan fingerprint density at radius 2 is 1.94 bits per heavy atom. The van der Waals surface area contributed by atoms with Crippen LogP contribution in [0.15, 0.2) is 53.4 Å². The summed E-state index contributed by atoms with van der Waals surface area (Å²) in [6.45, 7) is 2.87. The van der Waals surface area contributed by atoms with Crippen LogP contribution in [0.2, 0.25) is 0 Å². The Balaban J connectivity index is 1.49. The normalized spacial score (nSPS) is 15.4. The van der Waals surface area contributed by atoms with E-state index in [2.05, 4.69) is 12.2 Å². The van der Waals surface area contributed by atoms with E-state index in [9.17, 15) is 24.5 Å². The number of hydrogen-bond acceptors (Lipinski definition) is 8. The molecule has 1 aliphatic rings. The van der Waals surface area contributed by atoms with Crippen LogP contribution in [-0.4, -0.2) is 48.2 Å². The maximum absolute atomic E-state index is 12.4. The molecule has 2 aromatic carbocycles. The minimum atomic E-state index is -0.871. The molecule has 34 heavy (non-hydrogen) atoms. The van der Waals surface area contributed by atoms with Crippen molar-refractivity contribution >= 4 is 40.9 Å². The van der Waals surface area contributed by atoms with E-state index < -0.39 is 29.3 Å². The Morgan fingerprint density at radius 1 is 1.18 bits per heavy atom. The van der Waals surface area contributed by atoms with Gasteiger partial charge in [0.2, 0.25) is 5.91 Å². The lowest BCUT2D eigenvalue weighted by molar-refractivity contribution is -0.384. The fourth-order valence-corrected chi connectivity index (χ4v) is 4.59. The van der Waals surface area contributed by atoms with E-state index in [4.69, 9.17) is 4.74 Å². The van der Waals surface area contributed by atoms with Crippen LogP contribution in [0, 0.1) is 16.0 Å². The van der Waals surface area contributed by atoms with E-state index in [1.165, 1.54) is 23.9 Å². The number of rotatable bonds is 9. The molecule has 1 N–H and O–H groups in total. The molecule has 1 saturated heterocycles. The molecule has 1 aliphatic heterocycles. The summed E-state index contributed by atoms with van der Waals surface area (Å²) in [5.74, 6) is -1.17. The molecular formula is C24H27N3O6S. The number of imide groups is 1. The third-order valence-corrected chi connectivity index (χ3v) is 6.37. The molecule has 1 fully saturated rings. The Bertz CT molecular complexity index is 1050. The largest absolute Gasteiger partial charge is 0.452 e. The van der Waals surface area contributed by atoms with Gasteiger partial charge in [-0.05, 0) is 43.0 Å². The molecule has 0 aromatic heterocycles. The highest BCUT2D eigenvalue weighted by molar-refractivity contribution is 7.99. The SMILES string of the molecule is C[C@@H]1CCCN(c2ccc(C(=O)OCC(=O)NC(=O)CCSc3ccccc3)cc2[N+](=O)[O-])C1. The number of nitrogens with zero attached hydrogens (tertiary/aromatic N) is 2. The summed E-state index contributed by atoms with van der Waals surface area (Å²) >= 11 is 1.49. The maximum atomic E-state index is 12.4. The first kappa shape index (κ1) is 25.2. The number of nitro benzene ring substituents is 1. The topological polar surface area (TPSA) is 119 Å². The van der Waals surface area contributed by atoms with Crippen LogP contribution in [0.25, 0.3) is 0 Å². The molecule has 0 bridgehead atoms. The van der Waals surface area contributed by atoms with E-state index in [0.29, 0.717) is 30.4 Å². The zero-order chi connectivity index (χ0) is 24.5. The molecule has 3 rings (SSSR count). The highest BCUT2D eigenvalue weighted by Crippen LogP contribution is 2.32. The summed E-state index contributed by atoms with van der Waals surface area (Å²) in [7, 11) is 0. The van der Waals surface area contributed by atoms with Crippen LogP contribution in [0.3, 0.4) is 0 Å². The first-order valence-corrected chi connectivity index (χ1v) is 12.0. The van der Waals surface area contributed by atoms with Gasteiger partial charge in [0.05, 0.1) is 10.5 Å². The van der Waals surface area contributed by atoms with E-state index in [-0.39, 0.29) is 17.7 Å². The van der Waals surface area contributed by atoms with Crippen LogP contribution >= 0.6 is 11.8 Å². The van der Waals surface area contributed by atoms with Gasteiger partial charge in [0.1, 0.15) is 5.69 Å². The van der Waals surface area contributed by atoms with E-state index >= 15 is 0 Å². The third-order valence-electron chi connectivity index (χ3n) is 5.36. The van der Waals surface area contributed by atoms with Crippen LogP contribution in [0.5, 0.6) is 0 Å². The number of anilines is 1.